The normalized spacial score (nSPS) is 11.8. The van der Waals surface area contributed by atoms with E-state index in [4.69, 9.17) is 10.5 Å². The van der Waals surface area contributed by atoms with Gasteiger partial charge in [0.1, 0.15) is 24.2 Å². The van der Waals surface area contributed by atoms with Crippen LogP contribution in [0.15, 0.2) is 60.7 Å². The standard InChI is InChI=1S/C24H25NO4/c1-3-21(26)20-10-11-22(15(2)23(20)27)29-14-16-6-4-7-17(12-16)24(28)18-8-5-9-19(25)13-18/h4-13,24,27-28H,3,14,25H2,1-2H3. The lowest BCUT2D eigenvalue weighted by atomic mass is 9.99. The van der Waals surface area contributed by atoms with Crippen molar-refractivity contribution in [1.82, 2.24) is 0 Å². The molecule has 3 rings (SSSR count). The van der Waals surface area contributed by atoms with Crippen molar-refractivity contribution in [2.45, 2.75) is 33.0 Å². The fourth-order valence-corrected chi connectivity index (χ4v) is 3.19. The van der Waals surface area contributed by atoms with Gasteiger partial charge >= 0.3 is 0 Å². The van der Waals surface area contributed by atoms with Gasteiger partial charge in [-0.05, 0) is 53.9 Å². The topological polar surface area (TPSA) is 92.8 Å². The molecule has 5 heteroatoms. The summed E-state index contributed by atoms with van der Waals surface area (Å²) < 4.78 is 5.86. The van der Waals surface area contributed by atoms with Crippen LogP contribution in [0.3, 0.4) is 0 Å². The van der Waals surface area contributed by atoms with Crippen LogP contribution in [0, 0.1) is 6.92 Å². The first-order chi connectivity index (χ1) is 13.9. The first-order valence-electron chi connectivity index (χ1n) is 9.51. The number of nitrogens with two attached hydrogens (primary N) is 1. The summed E-state index contributed by atoms with van der Waals surface area (Å²) in [7, 11) is 0. The zero-order valence-electron chi connectivity index (χ0n) is 16.6. The van der Waals surface area contributed by atoms with Crippen LogP contribution in [0.4, 0.5) is 5.69 Å². The monoisotopic (exact) mass is 391 g/mol. The number of aliphatic hydroxyl groups excluding tert-OH is 1. The highest BCUT2D eigenvalue weighted by atomic mass is 16.5. The van der Waals surface area contributed by atoms with Crippen molar-refractivity contribution in [3.63, 3.8) is 0 Å². The van der Waals surface area contributed by atoms with E-state index in [1.54, 1.807) is 38.1 Å². The van der Waals surface area contributed by atoms with Crippen molar-refractivity contribution in [3.8, 4) is 11.5 Å². The Morgan fingerprint density at radius 1 is 1.07 bits per heavy atom. The largest absolute Gasteiger partial charge is 0.507 e. The Hall–Kier alpha value is -3.31. The minimum Gasteiger partial charge on any atom is -0.507 e. The molecule has 0 bridgehead atoms. The van der Waals surface area contributed by atoms with Crippen molar-refractivity contribution in [3.05, 3.63) is 88.5 Å². The third kappa shape index (κ3) is 4.58. The van der Waals surface area contributed by atoms with Gasteiger partial charge in [0.05, 0.1) is 5.56 Å². The minimum atomic E-state index is -0.788. The molecule has 0 radical (unpaired) electrons. The Kier molecular flexibility index (Phi) is 6.20. The molecule has 0 fully saturated rings. The summed E-state index contributed by atoms with van der Waals surface area (Å²) in [6.07, 6.45) is -0.460. The molecule has 0 heterocycles. The summed E-state index contributed by atoms with van der Waals surface area (Å²) in [5.74, 6) is 0.359. The SMILES string of the molecule is CCC(=O)c1ccc(OCc2cccc(C(O)c3cccc(N)c3)c2)c(C)c1O. The van der Waals surface area contributed by atoms with Gasteiger partial charge in [-0.3, -0.25) is 4.79 Å². The highest BCUT2D eigenvalue weighted by molar-refractivity contribution is 5.99. The van der Waals surface area contributed by atoms with Crippen LogP contribution >= 0.6 is 0 Å². The van der Waals surface area contributed by atoms with Crippen molar-refractivity contribution < 1.29 is 19.7 Å². The number of aliphatic hydroxyl groups is 1. The molecule has 29 heavy (non-hydrogen) atoms. The Morgan fingerprint density at radius 2 is 1.76 bits per heavy atom. The molecule has 1 atom stereocenters. The van der Waals surface area contributed by atoms with Crippen molar-refractivity contribution >= 4 is 11.5 Å². The first-order valence-corrected chi connectivity index (χ1v) is 9.51. The van der Waals surface area contributed by atoms with Gasteiger partial charge in [0.15, 0.2) is 5.78 Å². The second kappa shape index (κ2) is 8.80. The summed E-state index contributed by atoms with van der Waals surface area (Å²) in [5, 5.41) is 20.9. The lowest BCUT2D eigenvalue weighted by Crippen LogP contribution is -2.04. The summed E-state index contributed by atoms with van der Waals surface area (Å²) in [5.41, 5.74) is 9.58. The number of carbonyl (C=O) groups is 1. The van der Waals surface area contributed by atoms with E-state index in [-0.39, 0.29) is 18.1 Å². The molecule has 1 unspecified atom stereocenters. The molecular weight excluding hydrogens is 366 g/mol. The van der Waals surface area contributed by atoms with Crippen molar-refractivity contribution in [2.24, 2.45) is 0 Å². The average Bonchev–Trinajstić information content (AvgIpc) is 2.74. The van der Waals surface area contributed by atoms with E-state index in [0.29, 0.717) is 29.0 Å². The van der Waals surface area contributed by atoms with E-state index in [1.165, 1.54) is 0 Å². The van der Waals surface area contributed by atoms with Gasteiger partial charge in [0.25, 0.3) is 0 Å². The van der Waals surface area contributed by atoms with E-state index in [1.807, 2.05) is 36.4 Å². The maximum Gasteiger partial charge on any atom is 0.166 e. The van der Waals surface area contributed by atoms with E-state index >= 15 is 0 Å². The van der Waals surface area contributed by atoms with Crippen LogP contribution in [0.1, 0.15) is 52.1 Å². The maximum atomic E-state index is 11.9. The molecule has 150 valence electrons. The zero-order valence-corrected chi connectivity index (χ0v) is 16.6. The predicted molar refractivity (Wildman–Crippen MR) is 113 cm³/mol. The Morgan fingerprint density at radius 3 is 2.45 bits per heavy atom. The number of benzene rings is 3. The number of hydrogen-bond acceptors (Lipinski definition) is 5. The highest BCUT2D eigenvalue weighted by Crippen LogP contribution is 2.32. The lowest BCUT2D eigenvalue weighted by Gasteiger charge is -2.15. The molecule has 3 aromatic carbocycles. The summed E-state index contributed by atoms with van der Waals surface area (Å²) in [4.78, 5) is 11.9. The van der Waals surface area contributed by atoms with Gasteiger partial charge < -0.3 is 20.7 Å². The molecule has 0 aliphatic rings. The molecule has 0 spiro atoms. The Bertz CT molecular complexity index is 1030. The molecule has 0 saturated carbocycles. The third-order valence-electron chi connectivity index (χ3n) is 4.89. The fourth-order valence-electron chi connectivity index (χ4n) is 3.19. The maximum absolute atomic E-state index is 11.9. The van der Waals surface area contributed by atoms with Gasteiger partial charge in [-0.15, -0.1) is 0 Å². The molecule has 0 aromatic heterocycles. The van der Waals surface area contributed by atoms with Crippen LogP contribution in [0.25, 0.3) is 0 Å². The number of hydrogen-bond donors (Lipinski definition) is 3. The van der Waals surface area contributed by atoms with Gasteiger partial charge in [0, 0.05) is 17.7 Å². The number of rotatable bonds is 7. The quantitative estimate of drug-likeness (QED) is 0.406. The number of phenols is 1. The summed E-state index contributed by atoms with van der Waals surface area (Å²) >= 11 is 0. The van der Waals surface area contributed by atoms with Crippen LogP contribution < -0.4 is 10.5 Å². The number of ether oxygens (including phenoxy) is 1. The Labute approximate surface area is 170 Å². The third-order valence-corrected chi connectivity index (χ3v) is 4.89. The number of phenolic OH excluding ortho intramolecular Hbond substituents is 1. The number of Topliss-reactive ketones (excluding diaryl/α,β-unsaturated/α-hetero) is 1. The minimum absolute atomic E-state index is 0.0415. The zero-order chi connectivity index (χ0) is 21.0. The number of nitrogen functional groups attached to an aromatic ring is 1. The molecule has 0 saturated heterocycles. The summed E-state index contributed by atoms with van der Waals surface area (Å²) in [6.45, 7) is 3.74. The molecule has 0 aliphatic heterocycles. The van der Waals surface area contributed by atoms with Crippen molar-refractivity contribution in [2.75, 3.05) is 5.73 Å². The van der Waals surface area contributed by atoms with Gasteiger partial charge in [-0.25, -0.2) is 0 Å². The van der Waals surface area contributed by atoms with E-state index in [9.17, 15) is 15.0 Å². The fraction of sp³-hybridized carbons (Fsp3) is 0.208. The van der Waals surface area contributed by atoms with E-state index < -0.39 is 6.10 Å². The van der Waals surface area contributed by atoms with Gasteiger partial charge in [-0.1, -0.05) is 37.3 Å². The predicted octanol–water partition coefficient (Wildman–Crippen LogP) is 4.54. The molecule has 5 nitrogen and oxygen atoms in total. The highest BCUT2D eigenvalue weighted by Gasteiger charge is 2.15. The van der Waals surface area contributed by atoms with Crippen molar-refractivity contribution in [1.29, 1.82) is 0 Å². The summed E-state index contributed by atoms with van der Waals surface area (Å²) in [6, 6.07) is 17.9. The van der Waals surface area contributed by atoms with Crippen LogP contribution in [-0.4, -0.2) is 16.0 Å². The van der Waals surface area contributed by atoms with E-state index in [0.717, 1.165) is 16.7 Å². The smallest absolute Gasteiger partial charge is 0.166 e. The number of anilines is 1. The molecule has 0 amide bonds. The number of carbonyl (C=O) groups excluding carboxylic acids is 1. The number of ketones is 1. The molecular formula is C24H25NO4. The first kappa shape index (κ1) is 20.4. The number of aromatic hydroxyl groups is 1. The van der Waals surface area contributed by atoms with Crippen LogP contribution in [-0.2, 0) is 6.61 Å². The average molecular weight is 391 g/mol. The van der Waals surface area contributed by atoms with E-state index in [2.05, 4.69) is 0 Å². The lowest BCUT2D eigenvalue weighted by molar-refractivity contribution is 0.0985. The Balaban J connectivity index is 1.76. The second-order valence-electron chi connectivity index (χ2n) is 6.97. The van der Waals surface area contributed by atoms with Crippen LogP contribution in [0.2, 0.25) is 0 Å². The van der Waals surface area contributed by atoms with Gasteiger partial charge in [0.2, 0.25) is 0 Å². The molecule has 4 N–H and O–H groups in total. The van der Waals surface area contributed by atoms with Crippen LogP contribution in [0.5, 0.6) is 11.5 Å². The molecule has 0 aliphatic carbocycles. The second-order valence-corrected chi connectivity index (χ2v) is 6.97. The van der Waals surface area contributed by atoms with Gasteiger partial charge in [-0.2, -0.15) is 0 Å². The molecule has 3 aromatic rings.